The number of benzene rings is 1. The van der Waals surface area contributed by atoms with Gasteiger partial charge in [0.15, 0.2) is 5.96 Å². The third kappa shape index (κ3) is 8.19. The summed E-state index contributed by atoms with van der Waals surface area (Å²) >= 11 is 0. The molecule has 158 valence electrons. The molecule has 0 aromatic heterocycles. The van der Waals surface area contributed by atoms with Gasteiger partial charge in [0.25, 0.3) is 0 Å². The van der Waals surface area contributed by atoms with E-state index >= 15 is 0 Å². The van der Waals surface area contributed by atoms with Crippen molar-refractivity contribution in [2.45, 2.75) is 52.7 Å². The van der Waals surface area contributed by atoms with Gasteiger partial charge >= 0.3 is 0 Å². The van der Waals surface area contributed by atoms with Crippen LogP contribution in [0.5, 0.6) is 0 Å². The lowest BCUT2D eigenvalue weighted by molar-refractivity contribution is 0.0907. The predicted molar refractivity (Wildman–Crippen MR) is 119 cm³/mol. The summed E-state index contributed by atoms with van der Waals surface area (Å²) in [6, 6.07) is 11.0. The van der Waals surface area contributed by atoms with Gasteiger partial charge in [-0.3, -0.25) is 4.99 Å². The minimum atomic E-state index is 0.590. The van der Waals surface area contributed by atoms with Crippen molar-refractivity contribution >= 4 is 5.96 Å². The third-order valence-corrected chi connectivity index (χ3v) is 5.45. The highest BCUT2D eigenvalue weighted by atomic mass is 16.5. The molecule has 1 aromatic rings. The molecule has 1 atom stereocenters. The van der Waals surface area contributed by atoms with Gasteiger partial charge in [0.05, 0.1) is 13.2 Å². The normalized spacial score (nSPS) is 17.7. The molecule has 1 N–H and O–H groups in total. The van der Waals surface area contributed by atoms with Gasteiger partial charge in [0, 0.05) is 38.1 Å². The first kappa shape index (κ1) is 22.7. The summed E-state index contributed by atoms with van der Waals surface area (Å²) in [5.41, 5.74) is 1.25. The van der Waals surface area contributed by atoms with Crippen LogP contribution in [0.1, 0.15) is 45.6 Å². The van der Waals surface area contributed by atoms with Crippen LogP contribution >= 0.6 is 0 Å². The summed E-state index contributed by atoms with van der Waals surface area (Å²) in [5.74, 6) is 1.66. The number of guanidine groups is 1. The van der Waals surface area contributed by atoms with E-state index in [-0.39, 0.29) is 0 Å². The van der Waals surface area contributed by atoms with Crippen LogP contribution in [0.4, 0.5) is 0 Å². The number of likely N-dealkylation sites (tertiary alicyclic amines) is 1. The van der Waals surface area contributed by atoms with Crippen LogP contribution in [0.25, 0.3) is 0 Å². The van der Waals surface area contributed by atoms with Gasteiger partial charge in [0.2, 0.25) is 0 Å². The molecule has 1 aliphatic heterocycles. The Hall–Kier alpha value is -1.59. The van der Waals surface area contributed by atoms with Crippen molar-refractivity contribution in [2.75, 3.05) is 46.4 Å². The Morgan fingerprint density at radius 2 is 2.07 bits per heavy atom. The summed E-state index contributed by atoms with van der Waals surface area (Å²) in [7, 11) is 2.20. The number of hydrogen-bond acceptors (Lipinski definition) is 3. The van der Waals surface area contributed by atoms with Gasteiger partial charge in [-0.05, 0) is 59.2 Å². The summed E-state index contributed by atoms with van der Waals surface area (Å²) in [5, 5.41) is 3.47. The molecule has 1 unspecified atom stereocenters. The molecule has 5 nitrogen and oxygen atoms in total. The first-order valence-corrected chi connectivity index (χ1v) is 10.9. The number of unbranched alkanes of at least 4 members (excludes halogenated alkanes) is 1. The average Bonchev–Trinajstić information content (AvgIpc) is 3.16. The molecule has 1 heterocycles. The Balaban J connectivity index is 1.69. The lowest BCUT2D eigenvalue weighted by Gasteiger charge is -2.22. The highest BCUT2D eigenvalue weighted by molar-refractivity contribution is 5.80. The number of nitrogens with one attached hydrogen (secondary N) is 1. The Kier molecular flexibility index (Phi) is 10.4. The number of nitrogens with zero attached hydrogens (tertiary/aromatic N) is 3. The van der Waals surface area contributed by atoms with Crippen molar-refractivity contribution < 1.29 is 4.74 Å². The van der Waals surface area contributed by atoms with Gasteiger partial charge in [-0.1, -0.05) is 30.3 Å². The number of hydrogen-bond donors (Lipinski definition) is 1. The molecule has 0 amide bonds. The second-order valence-corrected chi connectivity index (χ2v) is 8.12. The van der Waals surface area contributed by atoms with E-state index in [4.69, 9.17) is 9.73 Å². The fourth-order valence-corrected chi connectivity index (χ4v) is 3.42. The second-order valence-electron chi connectivity index (χ2n) is 8.12. The number of aliphatic imine (C=N–C) groups is 1. The summed E-state index contributed by atoms with van der Waals surface area (Å²) < 4.78 is 5.95. The fourth-order valence-electron chi connectivity index (χ4n) is 3.42. The topological polar surface area (TPSA) is 40.1 Å². The third-order valence-electron chi connectivity index (χ3n) is 5.45. The van der Waals surface area contributed by atoms with Gasteiger partial charge in [-0.15, -0.1) is 0 Å². The van der Waals surface area contributed by atoms with E-state index in [9.17, 15) is 0 Å². The maximum absolute atomic E-state index is 5.95. The molecule has 5 heteroatoms. The smallest absolute Gasteiger partial charge is 0.193 e. The van der Waals surface area contributed by atoms with Crippen LogP contribution in [0, 0.1) is 5.92 Å². The zero-order valence-corrected chi connectivity index (χ0v) is 18.4. The van der Waals surface area contributed by atoms with E-state index in [1.807, 2.05) is 6.07 Å². The lowest BCUT2D eigenvalue weighted by atomic mass is 10.1. The molecule has 0 aliphatic carbocycles. The van der Waals surface area contributed by atoms with Crippen LogP contribution < -0.4 is 5.32 Å². The van der Waals surface area contributed by atoms with Gasteiger partial charge in [-0.2, -0.15) is 0 Å². The number of rotatable bonds is 11. The van der Waals surface area contributed by atoms with Crippen molar-refractivity contribution in [1.29, 1.82) is 0 Å². The highest BCUT2D eigenvalue weighted by Gasteiger charge is 2.24. The maximum atomic E-state index is 5.95. The molecular formula is C23H40N4O. The molecule has 1 saturated heterocycles. The van der Waals surface area contributed by atoms with Crippen LogP contribution in [0.15, 0.2) is 35.3 Å². The largest absolute Gasteiger partial charge is 0.376 e. The maximum Gasteiger partial charge on any atom is 0.193 e. The van der Waals surface area contributed by atoms with E-state index in [0.717, 1.165) is 51.7 Å². The molecule has 0 spiro atoms. The molecule has 0 bridgehead atoms. The molecule has 1 aromatic carbocycles. The first-order chi connectivity index (χ1) is 13.6. The second kappa shape index (κ2) is 12.8. The Morgan fingerprint density at radius 3 is 2.79 bits per heavy atom. The molecule has 1 aliphatic rings. The minimum absolute atomic E-state index is 0.590. The lowest BCUT2D eigenvalue weighted by Crippen LogP contribution is -2.40. The highest BCUT2D eigenvalue weighted by Crippen LogP contribution is 2.17. The van der Waals surface area contributed by atoms with Crippen LogP contribution in [0.2, 0.25) is 0 Å². The molecule has 2 rings (SSSR count). The van der Waals surface area contributed by atoms with Gasteiger partial charge in [0.1, 0.15) is 0 Å². The van der Waals surface area contributed by atoms with E-state index in [1.165, 1.54) is 18.4 Å². The number of ether oxygens (including phenoxy) is 1. The van der Waals surface area contributed by atoms with Crippen LogP contribution in [-0.2, 0) is 11.3 Å². The van der Waals surface area contributed by atoms with Crippen molar-refractivity contribution in [3.8, 4) is 0 Å². The quantitative estimate of drug-likeness (QED) is 0.357. The van der Waals surface area contributed by atoms with E-state index < -0.39 is 0 Å². The summed E-state index contributed by atoms with van der Waals surface area (Å²) in [6.07, 6.45) is 3.52. The molecular weight excluding hydrogens is 348 g/mol. The van der Waals surface area contributed by atoms with E-state index in [1.54, 1.807) is 0 Å². The average molecular weight is 389 g/mol. The van der Waals surface area contributed by atoms with E-state index in [2.05, 4.69) is 67.2 Å². The van der Waals surface area contributed by atoms with Gasteiger partial charge < -0.3 is 19.9 Å². The minimum Gasteiger partial charge on any atom is -0.376 e. The zero-order valence-electron chi connectivity index (χ0n) is 18.4. The Morgan fingerprint density at radius 1 is 1.29 bits per heavy atom. The van der Waals surface area contributed by atoms with E-state index in [0.29, 0.717) is 18.6 Å². The summed E-state index contributed by atoms with van der Waals surface area (Å²) in [4.78, 5) is 9.67. The zero-order chi connectivity index (χ0) is 20.2. The SMILES string of the molecule is CCNC(=NCCCCN(C)C(C)C)N1CCC(COCc2ccccc2)C1. The molecule has 28 heavy (non-hydrogen) atoms. The molecule has 1 fully saturated rings. The predicted octanol–water partition coefficient (Wildman–Crippen LogP) is 3.61. The van der Waals surface area contributed by atoms with Gasteiger partial charge in [-0.25, -0.2) is 0 Å². The monoisotopic (exact) mass is 388 g/mol. The van der Waals surface area contributed by atoms with Crippen molar-refractivity contribution in [3.05, 3.63) is 35.9 Å². The molecule has 0 saturated carbocycles. The van der Waals surface area contributed by atoms with Crippen LogP contribution in [-0.4, -0.2) is 68.2 Å². The first-order valence-electron chi connectivity index (χ1n) is 10.9. The standard InChI is InChI=1S/C23H40N4O/c1-5-24-23(25-14-9-10-15-26(4)20(2)3)27-16-13-22(17-27)19-28-18-21-11-7-6-8-12-21/h6-8,11-12,20,22H,5,9-10,13-19H2,1-4H3,(H,24,25). The van der Waals surface area contributed by atoms with Crippen molar-refractivity contribution in [1.82, 2.24) is 15.1 Å². The summed E-state index contributed by atoms with van der Waals surface area (Å²) in [6.45, 7) is 13.2. The van der Waals surface area contributed by atoms with Crippen molar-refractivity contribution in [2.24, 2.45) is 10.9 Å². The van der Waals surface area contributed by atoms with Crippen molar-refractivity contribution in [3.63, 3.8) is 0 Å². The van der Waals surface area contributed by atoms with Crippen LogP contribution in [0.3, 0.4) is 0 Å². The Labute approximate surface area is 172 Å². The Bertz CT molecular complexity index is 561. The molecule has 0 radical (unpaired) electrons. The fraction of sp³-hybridized carbons (Fsp3) is 0.696.